The summed E-state index contributed by atoms with van der Waals surface area (Å²) in [6.45, 7) is 8.63. The Kier molecular flexibility index (Phi) is 7.29. The molecule has 4 heteroatoms. The second-order valence-electron chi connectivity index (χ2n) is 7.83. The Labute approximate surface area is 152 Å². The molecule has 0 N–H and O–H groups in total. The molecular weight excluding hydrogens is 314 g/mol. The third-order valence-corrected chi connectivity index (χ3v) is 5.23. The average Bonchev–Trinajstić information content (AvgIpc) is 2.63. The fourth-order valence-corrected chi connectivity index (χ4v) is 3.92. The molecule has 25 heavy (non-hydrogen) atoms. The molecule has 2 aliphatic rings. The van der Waals surface area contributed by atoms with Gasteiger partial charge in [-0.15, -0.1) is 0 Å². The molecule has 1 aromatic carbocycles. The van der Waals surface area contributed by atoms with Crippen LogP contribution >= 0.6 is 0 Å². The number of nitrogens with zero attached hydrogens (tertiary/aromatic N) is 1. The summed E-state index contributed by atoms with van der Waals surface area (Å²) in [7, 11) is 0. The van der Waals surface area contributed by atoms with Crippen LogP contribution in [0.3, 0.4) is 0 Å². The molecule has 2 heterocycles. The first-order valence-electron chi connectivity index (χ1n) is 9.81. The lowest BCUT2D eigenvalue weighted by molar-refractivity contribution is -0.170. The lowest BCUT2D eigenvalue weighted by Gasteiger charge is -2.40. The van der Waals surface area contributed by atoms with Crippen LogP contribution in [0, 0.1) is 5.41 Å². The summed E-state index contributed by atoms with van der Waals surface area (Å²) in [5.41, 5.74) is 1.64. The highest BCUT2D eigenvalue weighted by atomic mass is 16.7. The molecule has 2 fully saturated rings. The zero-order valence-electron chi connectivity index (χ0n) is 15.6. The first-order valence-corrected chi connectivity index (χ1v) is 9.81. The molecule has 2 atom stereocenters. The summed E-state index contributed by atoms with van der Waals surface area (Å²) < 4.78 is 17.3. The number of piperidine rings is 1. The Balaban J connectivity index is 1.34. The Bertz CT molecular complexity index is 489. The highest BCUT2D eigenvalue weighted by Crippen LogP contribution is 2.30. The van der Waals surface area contributed by atoms with Crippen molar-refractivity contribution in [2.45, 2.75) is 51.9 Å². The summed E-state index contributed by atoms with van der Waals surface area (Å²) in [5.74, 6) is 0. The van der Waals surface area contributed by atoms with Gasteiger partial charge in [-0.1, -0.05) is 37.3 Å². The molecule has 0 amide bonds. The SMILES string of the molecule is CC1(COCCO[C@H]2CCCCO2)CCCN(Cc2ccccc2)C1. The van der Waals surface area contributed by atoms with Gasteiger partial charge in [0.1, 0.15) is 0 Å². The number of rotatable bonds is 8. The molecule has 4 nitrogen and oxygen atoms in total. The van der Waals surface area contributed by atoms with Gasteiger partial charge < -0.3 is 14.2 Å². The van der Waals surface area contributed by atoms with Gasteiger partial charge in [-0.25, -0.2) is 0 Å². The zero-order valence-corrected chi connectivity index (χ0v) is 15.6. The van der Waals surface area contributed by atoms with Crippen LogP contribution in [0.2, 0.25) is 0 Å². The van der Waals surface area contributed by atoms with E-state index in [9.17, 15) is 0 Å². The fourth-order valence-electron chi connectivity index (χ4n) is 3.92. The monoisotopic (exact) mass is 347 g/mol. The normalized spacial score (nSPS) is 28.1. The standard InChI is InChI=1S/C21H33NO3/c1-21(18-23-14-15-25-20-10-5-6-13-24-20)11-7-12-22(17-21)16-19-8-3-2-4-9-19/h2-4,8-9,20H,5-7,10-18H2,1H3/t20-,21?/m0/s1. The van der Waals surface area contributed by atoms with E-state index < -0.39 is 0 Å². The van der Waals surface area contributed by atoms with Crippen LogP contribution in [0.4, 0.5) is 0 Å². The number of ether oxygens (including phenoxy) is 3. The summed E-state index contributed by atoms with van der Waals surface area (Å²) in [4.78, 5) is 2.56. The van der Waals surface area contributed by atoms with Crippen LogP contribution in [0.5, 0.6) is 0 Å². The number of likely N-dealkylation sites (tertiary alicyclic amines) is 1. The Morgan fingerprint density at radius 1 is 1.16 bits per heavy atom. The van der Waals surface area contributed by atoms with Crippen LogP contribution in [0.25, 0.3) is 0 Å². The van der Waals surface area contributed by atoms with Crippen molar-refractivity contribution in [2.75, 3.05) is 39.5 Å². The third-order valence-electron chi connectivity index (χ3n) is 5.23. The predicted octanol–water partition coefficient (Wildman–Crippen LogP) is 3.85. The largest absolute Gasteiger partial charge is 0.378 e. The van der Waals surface area contributed by atoms with E-state index in [2.05, 4.69) is 42.2 Å². The molecule has 0 aromatic heterocycles. The summed E-state index contributed by atoms with van der Waals surface area (Å²) in [6, 6.07) is 10.8. The van der Waals surface area contributed by atoms with E-state index >= 15 is 0 Å². The zero-order chi connectivity index (χ0) is 17.4. The van der Waals surface area contributed by atoms with E-state index in [4.69, 9.17) is 14.2 Å². The molecule has 2 saturated heterocycles. The van der Waals surface area contributed by atoms with Crippen LogP contribution in [0.1, 0.15) is 44.6 Å². The number of benzene rings is 1. The van der Waals surface area contributed by atoms with Gasteiger partial charge in [0.15, 0.2) is 6.29 Å². The fraction of sp³-hybridized carbons (Fsp3) is 0.714. The molecule has 140 valence electrons. The van der Waals surface area contributed by atoms with E-state index in [0.29, 0.717) is 13.2 Å². The van der Waals surface area contributed by atoms with Crippen molar-refractivity contribution < 1.29 is 14.2 Å². The van der Waals surface area contributed by atoms with Crippen molar-refractivity contribution in [2.24, 2.45) is 5.41 Å². The van der Waals surface area contributed by atoms with Gasteiger partial charge in [-0.05, 0) is 44.2 Å². The maximum atomic E-state index is 5.96. The summed E-state index contributed by atoms with van der Waals surface area (Å²) in [6.07, 6.45) is 5.87. The van der Waals surface area contributed by atoms with Gasteiger partial charge in [0.05, 0.1) is 19.8 Å². The maximum absolute atomic E-state index is 5.96. The molecule has 0 radical (unpaired) electrons. The van der Waals surface area contributed by atoms with Gasteiger partial charge in [-0.2, -0.15) is 0 Å². The maximum Gasteiger partial charge on any atom is 0.157 e. The highest BCUT2D eigenvalue weighted by molar-refractivity contribution is 5.14. The quantitative estimate of drug-likeness (QED) is 0.669. The van der Waals surface area contributed by atoms with Crippen molar-refractivity contribution in [3.05, 3.63) is 35.9 Å². The molecule has 1 aromatic rings. The third kappa shape index (κ3) is 6.37. The Hall–Kier alpha value is -0.940. The van der Waals surface area contributed by atoms with Crippen molar-refractivity contribution in [3.8, 4) is 0 Å². The van der Waals surface area contributed by atoms with E-state index in [-0.39, 0.29) is 11.7 Å². The first kappa shape index (κ1) is 18.8. The second-order valence-corrected chi connectivity index (χ2v) is 7.83. The van der Waals surface area contributed by atoms with E-state index in [0.717, 1.165) is 39.1 Å². The average molecular weight is 347 g/mol. The van der Waals surface area contributed by atoms with Crippen LogP contribution in [-0.2, 0) is 20.8 Å². The van der Waals surface area contributed by atoms with Crippen molar-refractivity contribution in [1.82, 2.24) is 4.90 Å². The summed E-state index contributed by atoms with van der Waals surface area (Å²) >= 11 is 0. The smallest absolute Gasteiger partial charge is 0.157 e. The van der Waals surface area contributed by atoms with E-state index in [1.165, 1.54) is 31.4 Å². The van der Waals surface area contributed by atoms with Gasteiger partial charge >= 0.3 is 0 Å². The molecule has 0 bridgehead atoms. The van der Waals surface area contributed by atoms with Crippen LogP contribution < -0.4 is 0 Å². The van der Waals surface area contributed by atoms with Gasteiger partial charge in [0, 0.05) is 25.1 Å². The van der Waals surface area contributed by atoms with Crippen LogP contribution in [-0.4, -0.2) is 50.7 Å². The number of hydrogen-bond acceptors (Lipinski definition) is 4. The molecule has 2 aliphatic heterocycles. The number of hydrogen-bond donors (Lipinski definition) is 0. The first-order chi connectivity index (χ1) is 12.2. The minimum Gasteiger partial charge on any atom is -0.378 e. The van der Waals surface area contributed by atoms with Crippen molar-refractivity contribution >= 4 is 0 Å². The van der Waals surface area contributed by atoms with E-state index in [1.54, 1.807) is 0 Å². The highest BCUT2D eigenvalue weighted by Gasteiger charge is 2.31. The Morgan fingerprint density at radius 3 is 2.84 bits per heavy atom. The molecule has 0 saturated carbocycles. The van der Waals surface area contributed by atoms with Gasteiger partial charge in [0.25, 0.3) is 0 Å². The van der Waals surface area contributed by atoms with Gasteiger partial charge in [-0.3, -0.25) is 4.90 Å². The van der Waals surface area contributed by atoms with E-state index in [1.807, 2.05) is 0 Å². The van der Waals surface area contributed by atoms with Crippen molar-refractivity contribution in [3.63, 3.8) is 0 Å². The molecular formula is C21H33NO3. The molecule has 0 spiro atoms. The lowest BCUT2D eigenvalue weighted by atomic mass is 9.82. The van der Waals surface area contributed by atoms with Crippen LogP contribution in [0.15, 0.2) is 30.3 Å². The predicted molar refractivity (Wildman–Crippen MR) is 99.4 cm³/mol. The minimum absolute atomic E-state index is 0.0102. The molecule has 3 rings (SSSR count). The van der Waals surface area contributed by atoms with Gasteiger partial charge in [0.2, 0.25) is 0 Å². The minimum atomic E-state index is -0.0102. The molecule has 1 unspecified atom stereocenters. The topological polar surface area (TPSA) is 30.9 Å². The van der Waals surface area contributed by atoms with Crippen molar-refractivity contribution in [1.29, 1.82) is 0 Å². The summed E-state index contributed by atoms with van der Waals surface area (Å²) in [5, 5.41) is 0. The molecule has 0 aliphatic carbocycles. The second kappa shape index (κ2) is 9.67. The lowest BCUT2D eigenvalue weighted by Crippen LogP contribution is -2.43. The Morgan fingerprint density at radius 2 is 2.04 bits per heavy atom.